The molecule has 0 aromatic carbocycles. The summed E-state index contributed by atoms with van der Waals surface area (Å²) in [6.45, 7) is 6.87. The molecule has 16 heavy (non-hydrogen) atoms. The van der Waals surface area contributed by atoms with E-state index in [9.17, 15) is 10.1 Å². The molecule has 1 atom stereocenters. The topological polar surface area (TPSA) is 62.0 Å². The largest absolute Gasteiger partial charge is 0.481 e. The van der Waals surface area contributed by atoms with Crippen LogP contribution in [0.15, 0.2) is 4.99 Å². The molecule has 0 aromatic rings. The van der Waals surface area contributed by atoms with Gasteiger partial charge in [-0.05, 0) is 53.2 Å². The second-order valence-corrected chi connectivity index (χ2v) is 5.41. The minimum absolute atomic E-state index is 0.199. The van der Waals surface area contributed by atoms with Gasteiger partial charge in [-0.2, -0.15) is 0 Å². The Hall–Kier alpha value is -0.385. The van der Waals surface area contributed by atoms with E-state index in [-0.39, 0.29) is 5.94 Å². The lowest BCUT2D eigenvalue weighted by Gasteiger charge is -2.39. The average molecular weight is 227 g/mol. The normalized spacial score (nSPS) is 22.2. The molecule has 2 N–H and O–H groups in total. The van der Waals surface area contributed by atoms with Crippen LogP contribution >= 0.6 is 0 Å². The molecular formula is C11H22BNO3. The summed E-state index contributed by atoms with van der Waals surface area (Å²) in [4.78, 5) is 4.21. The first-order valence-electron chi connectivity index (χ1n) is 5.84. The van der Waals surface area contributed by atoms with Gasteiger partial charge in [0.05, 0.1) is 17.1 Å². The lowest BCUT2D eigenvalue weighted by molar-refractivity contribution is -0.101. The van der Waals surface area contributed by atoms with E-state index in [1.54, 1.807) is 27.7 Å². The van der Waals surface area contributed by atoms with Gasteiger partial charge < -0.3 is 14.8 Å². The summed E-state index contributed by atoms with van der Waals surface area (Å²) in [5.41, 5.74) is -1.81. The first-order valence-corrected chi connectivity index (χ1v) is 5.84. The maximum absolute atomic E-state index is 9.93. The molecule has 0 saturated heterocycles. The molecule has 0 aliphatic carbocycles. The van der Waals surface area contributed by atoms with Gasteiger partial charge in [0.2, 0.25) is 0 Å². The van der Waals surface area contributed by atoms with Crippen LogP contribution in [0.25, 0.3) is 0 Å². The molecule has 1 heterocycles. The van der Waals surface area contributed by atoms with E-state index in [2.05, 4.69) is 4.99 Å². The average Bonchev–Trinajstić information content (AvgIpc) is 2.16. The Morgan fingerprint density at radius 2 is 2.00 bits per heavy atom. The summed E-state index contributed by atoms with van der Waals surface area (Å²) in [5, 5.41) is 19.8. The van der Waals surface area contributed by atoms with Crippen LogP contribution in [0.5, 0.6) is 0 Å². The highest BCUT2D eigenvalue weighted by atomic mass is 16.5. The molecule has 4 nitrogen and oxygen atoms in total. The van der Waals surface area contributed by atoms with Crippen LogP contribution < -0.4 is 0 Å². The fraction of sp³-hybridized carbons (Fsp3) is 0.909. The van der Waals surface area contributed by atoms with Crippen molar-refractivity contribution in [2.75, 3.05) is 0 Å². The zero-order chi connectivity index (χ0) is 12.4. The Labute approximate surface area is 97.9 Å². The molecule has 1 aliphatic rings. The molecule has 0 unspecified atom stereocenters. The third-order valence-electron chi connectivity index (χ3n) is 3.35. The van der Waals surface area contributed by atoms with Crippen LogP contribution in [0.1, 0.15) is 47.0 Å². The van der Waals surface area contributed by atoms with Gasteiger partial charge in [-0.1, -0.05) is 0 Å². The first-order chi connectivity index (χ1) is 7.24. The second-order valence-electron chi connectivity index (χ2n) is 5.41. The van der Waals surface area contributed by atoms with Crippen molar-refractivity contribution in [1.29, 1.82) is 0 Å². The fourth-order valence-corrected chi connectivity index (χ4v) is 1.44. The predicted octanol–water partition coefficient (Wildman–Crippen LogP) is 1.20. The molecule has 0 aromatic heterocycles. The van der Waals surface area contributed by atoms with Gasteiger partial charge in [-0.15, -0.1) is 0 Å². The molecule has 0 spiro atoms. The zero-order valence-corrected chi connectivity index (χ0v) is 10.6. The van der Waals surface area contributed by atoms with Crippen molar-refractivity contribution in [1.82, 2.24) is 0 Å². The number of aliphatic imine (C=N–C) groups is 1. The van der Waals surface area contributed by atoms with Crippen LogP contribution in [0, 0.1) is 0 Å². The van der Waals surface area contributed by atoms with E-state index in [0.29, 0.717) is 0 Å². The highest BCUT2D eigenvalue weighted by molar-refractivity contribution is 6.45. The van der Waals surface area contributed by atoms with E-state index in [1.807, 2.05) is 6.21 Å². The van der Waals surface area contributed by atoms with Gasteiger partial charge in [0, 0.05) is 0 Å². The van der Waals surface area contributed by atoms with E-state index < -0.39 is 18.3 Å². The molecule has 5 heteroatoms. The van der Waals surface area contributed by atoms with Gasteiger partial charge in [-0.25, -0.2) is 0 Å². The van der Waals surface area contributed by atoms with Crippen molar-refractivity contribution in [3.8, 4) is 0 Å². The van der Waals surface area contributed by atoms with Crippen molar-refractivity contribution >= 4 is 13.3 Å². The summed E-state index contributed by atoms with van der Waals surface area (Å²) in [7, 11) is -0.946. The molecule has 0 amide bonds. The molecule has 0 bridgehead atoms. The van der Waals surface area contributed by atoms with Crippen molar-refractivity contribution < 1.29 is 14.8 Å². The Morgan fingerprint density at radius 1 is 1.38 bits per heavy atom. The Morgan fingerprint density at radius 3 is 2.44 bits per heavy atom. The SMILES string of the molecule is CC(C)(O)C(C)(C)OB(O)[C@H]1CCCC=N1. The highest BCUT2D eigenvalue weighted by Crippen LogP contribution is 2.27. The second kappa shape index (κ2) is 4.86. The lowest BCUT2D eigenvalue weighted by atomic mass is 9.73. The van der Waals surface area contributed by atoms with E-state index in [1.165, 1.54) is 0 Å². The van der Waals surface area contributed by atoms with E-state index in [0.717, 1.165) is 19.3 Å². The molecule has 0 fully saturated rings. The summed E-state index contributed by atoms with van der Waals surface area (Å²) in [5.74, 6) is -0.199. The molecule has 1 rings (SSSR count). The zero-order valence-electron chi connectivity index (χ0n) is 10.6. The Balaban J connectivity index is 2.59. The van der Waals surface area contributed by atoms with Crippen LogP contribution in [0.2, 0.25) is 0 Å². The van der Waals surface area contributed by atoms with Crippen molar-refractivity contribution in [3.05, 3.63) is 0 Å². The van der Waals surface area contributed by atoms with Crippen LogP contribution in [0.4, 0.5) is 0 Å². The van der Waals surface area contributed by atoms with Gasteiger partial charge in [0.1, 0.15) is 0 Å². The fourth-order valence-electron chi connectivity index (χ4n) is 1.44. The number of nitrogens with zero attached hydrogens (tertiary/aromatic N) is 1. The molecule has 92 valence electrons. The van der Waals surface area contributed by atoms with Crippen molar-refractivity contribution in [3.63, 3.8) is 0 Å². The first kappa shape index (κ1) is 13.7. The highest BCUT2D eigenvalue weighted by Gasteiger charge is 2.41. The maximum atomic E-state index is 9.93. The Kier molecular flexibility index (Phi) is 4.15. The van der Waals surface area contributed by atoms with Crippen LogP contribution in [-0.2, 0) is 4.65 Å². The van der Waals surface area contributed by atoms with Crippen molar-refractivity contribution in [2.24, 2.45) is 4.99 Å². The molecule has 0 saturated carbocycles. The summed E-state index contributed by atoms with van der Waals surface area (Å²) in [6, 6.07) is 0. The van der Waals surface area contributed by atoms with Crippen LogP contribution in [-0.4, -0.2) is 40.6 Å². The Bertz CT molecular complexity index is 260. The standard InChI is InChI=1S/C11H22BNO3/c1-10(2,14)11(3,4)16-12(15)9-7-5-6-8-13-9/h8-9,14-15H,5-7H2,1-4H3/t9-/m1/s1. The van der Waals surface area contributed by atoms with Gasteiger partial charge in [0.15, 0.2) is 0 Å². The minimum Gasteiger partial charge on any atom is -0.426 e. The van der Waals surface area contributed by atoms with Gasteiger partial charge in [-0.3, -0.25) is 4.99 Å². The number of hydrogen-bond acceptors (Lipinski definition) is 4. The lowest BCUT2D eigenvalue weighted by Crippen LogP contribution is -2.53. The van der Waals surface area contributed by atoms with Crippen molar-refractivity contribution in [2.45, 2.75) is 64.1 Å². The monoisotopic (exact) mass is 227 g/mol. The van der Waals surface area contributed by atoms with E-state index in [4.69, 9.17) is 4.65 Å². The smallest absolute Gasteiger partial charge is 0.426 e. The molecule has 1 aliphatic heterocycles. The van der Waals surface area contributed by atoms with Gasteiger partial charge in [0.25, 0.3) is 0 Å². The quantitative estimate of drug-likeness (QED) is 0.709. The minimum atomic E-state index is -1.01. The van der Waals surface area contributed by atoms with Crippen LogP contribution in [0.3, 0.4) is 0 Å². The summed E-state index contributed by atoms with van der Waals surface area (Å²) >= 11 is 0. The predicted molar refractivity (Wildman–Crippen MR) is 65.6 cm³/mol. The third-order valence-corrected chi connectivity index (χ3v) is 3.35. The number of rotatable bonds is 4. The molecule has 0 radical (unpaired) electrons. The number of hydrogen-bond donors (Lipinski definition) is 2. The van der Waals surface area contributed by atoms with Gasteiger partial charge >= 0.3 is 7.12 Å². The third kappa shape index (κ3) is 3.30. The molecular weight excluding hydrogens is 205 g/mol. The van der Waals surface area contributed by atoms with E-state index >= 15 is 0 Å². The summed E-state index contributed by atoms with van der Waals surface area (Å²) in [6.07, 6.45) is 4.66. The maximum Gasteiger partial charge on any atom is 0.481 e. The number of aliphatic hydroxyl groups is 1. The summed E-state index contributed by atoms with van der Waals surface area (Å²) < 4.78 is 5.53.